The molecule has 1 aliphatic rings. The number of ether oxygens (including phenoxy) is 1. The van der Waals surface area contributed by atoms with Crippen molar-refractivity contribution < 1.29 is 14.6 Å². The highest BCUT2D eigenvalue weighted by atomic mass is 16.5. The van der Waals surface area contributed by atoms with Gasteiger partial charge in [0.25, 0.3) is 0 Å². The molecule has 16 heavy (non-hydrogen) atoms. The molecule has 0 saturated heterocycles. The Hall–Kier alpha value is -1.77. The second kappa shape index (κ2) is 4.39. The molecule has 1 aromatic carbocycles. The first kappa shape index (κ1) is 10.7. The molecular formula is C13H14O3. The first-order valence-corrected chi connectivity index (χ1v) is 5.29. The lowest BCUT2D eigenvalue weighted by Gasteiger charge is -2.07. The molecule has 3 nitrogen and oxygen atoms in total. The standard InChI is InChI=1S/C13H14O3/c1-16-11-4-2-3-10(7-11)12(8-13(14)15)9-5-6-9/h2-4,7-9H,5-6H2,1H3,(H,14,15)/b12-8+. The van der Waals surface area contributed by atoms with E-state index in [4.69, 9.17) is 9.84 Å². The summed E-state index contributed by atoms with van der Waals surface area (Å²) in [4.78, 5) is 10.8. The molecule has 1 N–H and O–H groups in total. The van der Waals surface area contributed by atoms with Crippen LogP contribution in [-0.4, -0.2) is 18.2 Å². The van der Waals surface area contributed by atoms with Crippen molar-refractivity contribution >= 4 is 11.5 Å². The Balaban J connectivity index is 2.34. The van der Waals surface area contributed by atoms with E-state index in [1.807, 2.05) is 24.3 Å². The van der Waals surface area contributed by atoms with Crippen molar-refractivity contribution in [2.75, 3.05) is 7.11 Å². The minimum atomic E-state index is -0.885. The monoisotopic (exact) mass is 218 g/mol. The van der Waals surface area contributed by atoms with E-state index in [1.165, 1.54) is 6.08 Å². The van der Waals surface area contributed by atoms with Crippen molar-refractivity contribution in [1.29, 1.82) is 0 Å². The fourth-order valence-electron chi connectivity index (χ4n) is 1.77. The van der Waals surface area contributed by atoms with Crippen LogP contribution in [0.2, 0.25) is 0 Å². The molecule has 0 aliphatic heterocycles. The summed E-state index contributed by atoms with van der Waals surface area (Å²) < 4.78 is 5.14. The second-order valence-corrected chi connectivity index (χ2v) is 3.94. The summed E-state index contributed by atoms with van der Waals surface area (Å²) in [6.45, 7) is 0. The van der Waals surface area contributed by atoms with Gasteiger partial charge in [0.15, 0.2) is 0 Å². The Kier molecular flexibility index (Phi) is 2.95. The van der Waals surface area contributed by atoms with Gasteiger partial charge in [-0.1, -0.05) is 12.1 Å². The number of hydrogen-bond donors (Lipinski definition) is 1. The molecule has 0 heterocycles. The van der Waals surface area contributed by atoms with Crippen LogP contribution in [0.1, 0.15) is 18.4 Å². The predicted molar refractivity (Wildman–Crippen MR) is 61.3 cm³/mol. The Bertz CT molecular complexity index is 431. The van der Waals surface area contributed by atoms with E-state index in [9.17, 15) is 4.79 Å². The summed E-state index contributed by atoms with van der Waals surface area (Å²) in [7, 11) is 1.61. The number of hydrogen-bond acceptors (Lipinski definition) is 2. The number of carbonyl (C=O) groups is 1. The average Bonchev–Trinajstić information content (AvgIpc) is 3.09. The fraction of sp³-hybridized carbons (Fsp3) is 0.308. The molecule has 1 aliphatic carbocycles. The van der Waals surface area contributed by atoms with Crippen molar-refractivity contribution in [3.05, 3.63) is 35.9 Å². The topological polar surface area (TPSA) is 46.5 Å². The minimum absolute atomic E-state index is 0.406. The van der Waals surface area contributed by atoms with E-state index in [1.54, 1.807) is 7.11 Å². The highest BCUT2D eigenvalue weighted by Crippen LogP contribution is 2.42. The molecule has 1 fully saturated rings. The van der Waals surface area contributed by atoms with E-state index in [-0.39, 0.29) is 0 Å². The maximum Gasteiger partial charge on any atom is 0.328 e. The molecule has 0 amide bonds. The van der Waals surface area contributed by atoms with Gasteiger partial charge in [-0.15, -0.1) is 0 Å². The van der Waals surface area contributed by atoms with Crippen molar-refractivity contribution in [3.63, 3.8) is 0 Å². The zero-order valence-corrected chi connectivity index (χ0v) is 9.14. The van der Waals surface area contributed by atoms with Gasteiger partial charge >= 0.3 is 5.97 Å². The van der Waals surface area contributed by atoms with E-state index in [2.05, 4.69) is 0 Å². The van der Waals surface area contributed by atoms with Gasteiger partial charge in [0.1, 0.15) is 5.75 Å². The highest BCUT2D eigenvalue weighted by Gasteiger charge is 2.27. The van der Waals surface area contributed by atoms with Gasteiger partial charge < -0.3 is 9.84 Å². The van der Waals surface area contributed by atoms with E-state index < -0.39 is 5.97 Å². The summed E-state index contributed by atoms with van der Waals surface area (Å²) in [5.74, 6) is 0.280. The molecule has 0 atom stereocenters. The molecule has 0 radical (unpaired) electrons. The molecule has 0 bridgehead atoms. The molecule has 1 saturated carbocycles. The molecule has 0 spiro atoms. The Morgan fingerprint density at radius 2 is 2.25 bits per heavy atom. The molecule has 0 aromatic heterocycles. The van der Waals surface area contributed by atoms with E-state index >= 15 is 0 Å². The number of carboxylic acid groups (broad SMARTS) is 1. The third kappa shape index (κ3) is 2.42. The Morgan fingerprint density at radius 3 is 2.81 bits per heavy atom. The Labute approximate surface area is 94.4 Å². The SMILES string of the molecule is COc1cccc(/C(=C/C(=O)O)C2CC2)c1. The van der Waals surface area contributed by atoms with Gasteiger partial charge in [0, 0.05) is 6.08 Å². The molecule has 2 rings (SSSR count). The zero-order valence-electron chi connectivity index (χ0n) is 9.14. The lowest BCUT2D eigenvalue weighted by Crippen LogP contribution is -1.95. The molecule has 84 valence electrons. The molecule has 3 heteroatoms. The lowest BCUT2D eigenvalue weighted by atomic mass is 10.0. The van der Waals surface area contributed by atoms with Crippen molar-refractivity contribution in [2.24, 2.45) is 5.92 Å². The summed E-state index contributed by atoms with van der Waals surface area (Å²) in [6, 6.07) is 7.55. The van der Waals surface area contributed by atoms with Crippen LogP contribution >= 0.6 is 0 Å². The van der Waals surface area contributed by atoms with Gasteiger partial charge in [-0.3, -0.25) is 0 Å². The second-order valence-electron chi connectivity index (χ2n) is 3.94. The quantitative estimate of drug-likeness (QED) is 0.790. The largest absolute Gasteiger partial charge is 0.497 e. The maximum absolute atomic E-state index is 10.8. The van der Waals surface area contributed by atoms with Crippen molar-refractivity contribution in [2.45, 2.75) is 12.8 Å². The van der Waals surface area contributed by atoms with Gasteiger partial charge in [-0.05, 0) is 42.0 Å². The first-order chi connectivity index (χ1) is 7.70. The van der Waals surface area contributed by atoms with Crippen LogP contribution in [0.4, 0.5) is 0 Å². The summed E-state index contributed by atoms with van der Waals surface area (Å²) in [5.41, 5.74) is 1.86. The van der Waals surface area contributed by atoms with Gasteiger partial charge in [0.2, 0.25) is 0 Å². The van der Waals surface area contributed by atoms with Crippen LogP contribution in [0, 0.1) is 5.92 Å². The first-order valence-electron chi connectivity index (χ1n) is 5.29. The summed E-state index contributed by atoms with van der Waals surface area (Å²) in [5, 5.41) is 8.84. The van der Waals surface area contributed by atoms with Gasteiger partial charge in [-0.2, -0.15) is 0 Å². The van der Waals surface area contributed by atoms with Crippen LogP contribution in [0.3, 0.4) is 0 Å². The van der Waals surface area contributed by atoms with Crippen LogP contribution in [0.25, 0.3) is 5.57 Å². The van der Waals surface area contributed by atoms with Crippen LogP contribution in [-0.2, 0) is 4.79 Å². The number of benzene rings is 1. The summed E-state index contributed by atoms with van der Waals surface area (Å²) in [6.07, 6.45) is 3.47. The third-order valence-electron chi connectivity index (χ3n) is 2.70. The minimum Gasteiger partial charge on any atom is -0.497 e. The molecule has 1 aromatic rings. The number of allylic oxidation sites excluding steroid dienone is 1. The predicted octanol–water partition coefficient (Wildman–Crippen LogP) is 2.57. The number of rotatable bonds is 4. The van der Waals surface area contributed by atoms with E-state index in [0.717, 1.165) is 29.7 Å². The average molecular weight is 218 g/mol. The van der Waals surface area contributed by atoms with E-state index in [0.29, 0.717) is 5.92 Å². The van der Waals surface area contributed by atoms with Gasteiger partial charge in [-0.25, -0.2) is 4.79 Å². The normalized spacial score (nSPS) is 15.9. The number of carboxylic acids is 1. The van der Waals surface area contributed by atoms with Crippen LogP contribution in [0.5, 0.6) is 5.75 Å². The third-order valence-corrected chi connectivity index (χ3v) is 2.70. The lowest BCUT2D eigenvalue weighted by molar-refractivity contribution is -0.131. The zero-order chi connectivity index (χ0) is 11.5. The van der Waals surface area contributed by atoms with Crippen LogP contribution < -0.4 is 4.74 Å². The van der Waals surface area contributed by atoms with Crippen molar-refractivity contribution in [3.8, 4) is 5.75 Å². The van der Waals surface area contributed by atoms with Crippen molar-refractivity contribution in [1.82, 2.24) is 0 Å². The molecular weight excluding hydrogens is 204 g/mol. The molecule has 0 unspecified atom stereocenters. The van der Waals surface area contributed by atoms with Gasteiger partial charge in [0.05, 0.1) is 7.11 Å². The highest BCUT2D eigenvalue weighted by molar-refractivity contribution is 5.91. The summed E-state index contributed by atoms with van der Waals surface area (Å²) >= 11 is 0. The van der Waals surface area contributed by atoms with Crippen LogP contribution in [0.15, 0.2) is 30.3 Å². The maximum atomic E-state index is 10.8. The Morgan fingerprint density at radius 1 is 1.50 bits per heavy atom. The number of methoxy groups -OCH3 is 1. The smallest absolute Gasteiger partial charge is 0.328 e. The number of aliphatic carboxylic acids is 1. The fourth-order valence-corrected chi connectivity index (χ4v) is 1.77.